The molecule has 4 aliphatic rings. The largest absolute Gasteiger partial charge is 0.300 e. The van der Waals surface area contributed by atoms with Crippen molar-refractivity contribution in [3.63, 3.8) is 0 Å². The van der Waals surface area contributed by atoms with Crippen molar-refractivity contribution in [1.29, 1.82) is 0 Å². The standard InChI is InChI=1S/C24H29NO/c1-15(26)18-8-9-19-16-6-7-20-17-5-4-14-25-22(17)11-13-24(20,3)21(16)10-12-23(18,19)2/h4-5,7,11,13-14,16,18-19,21H,6,8-10,12H2,1-3H3/t16-,18?,19-,21-,23+,24-/m0/s1. The number of fused-ring (bicyclic) bond motifs is 7. The Kier molecular flexibility index (Phi) is 3.42. The van der Waals surface area contributed by atoms with Crippen molar-refractivity contribution in [2.45, 2.75) is 52.9 Å². The number of hydrogen-bond donors (Lipinski definition) is 0. The van der Waals surface area contributed by atoms with Gasteiger partial charge in [-0.25, -0.2) is 0 Å². The fourth-order valence-electron chi connectivity index (χ4n) is 7.35. The molecule has 0 bridgehead atoms. The average molecular weight is 348 g/mol. The van der Waals surface area contributed by atoms with Crippen LogP contribution in [0.1, 0.15) is 64.1 Å². The molecule has 4 aliphatic carbocycles. The van der Waals surface area contributed by atoms with Gasteiger partial charge in [0.25, 0.3) is 0 Å². The Balaban J connectivity index is 1.56. The molecule has 2 heteroatoms. The highest BCUT2D eigenvalue weighted by Gasteiger charge is 2.58. The molecule has 136 valence electrons. The third kappa shape index (κ3) is 1.99. The van der Waals surface area contributed by atoms with E-state index in [-0.39, 0.29) is 10.8 Å². The second-order valence-corrected chi connectivity index (χ2v) is 9.57. The van der Waals surface area contributed by atoms with Crippen molar-refractivity contribution in [1.82, 2.24) is 4.98 Å². The average Bonchev–Trinajstić information content (AvgIpc) is 2.98. The Morgan fingerprint density at radius 3 is 2.85 bits per heavy atom. The first-order chi connectivity index (χ1) is 12.4. The van der Waals surface area contributed by atoms with Crippen LogP contribution in [0.25, 0.3) is 11.6 Å². The van der Waals surface area contributed by atoms with E-state index in [1.807, 2.05) is 13.1 Å². The summed E-state index contributed by atoms with van der Waals surface area (Å²) in [5, 5.41) is 0. The molecule has 0 aromatic carbocycles. The monoisotopic (exact) mass is 347 g/mol. The zero-order chi connectivity index (χ0) is 18.1. The molecule has 5 rings (SSSR count). The molecule has 2 fully saturated rings. The quantitative estimate of drug-likeness (QED) is 0.666. The molecule has 1 aromatic rings. The van der Waals surface area contributed by atoms with E-state index in [1.54, 1.807) is 0 Å². The van der Waals surface area contributed by atoms with Gasteiger partial charge in [-0.15, -0.1) is 0 Å². The van der Waals surface area contributed by atoms with E-state index in [2.05, 4.69) is 49.2 Å². The zero-order valence-corrected chi connectivity index (χ0v) is 16.2. The number of pyridine rings is 1. The van der Waals surface area contributed by atoms with Crippen LogP contribution in [0.2, 0.25) is 0 Å². The molecular formula is C24H29NO. The summed E-state index contributed by atoms with van der Waals surface area (Å²) in [6.07, 6.45) is 15.1. The van der Waals surface area contributed by atoms with Crippen molar-refractivity contribution in [2.24, 2.45) is 34.5 Å². The van der Waals surface area contributed by atoms with Crippen LogP contribution in [0.3, 0.4) is 0 Å². The first-order valence-electron chi connectivity index (χ1n) is 10.3. The third-order valence-corrected chi connectivity index (χ3v) is 8.59. The molecule has 2 nitrogen and oxygen atoms in total. The van der Waals surface area contributed by atoms with Gasteiger partial charge >= 0.3 is 0 Å². The van der Waals surface area contributed by atoms with Crippen LogP contribution in [-0.2, 0) is 4.79 Å². The van der Waals surface area contributed by atoms with Crippen LogP contribution in [0, 0.1) is 34.5 Å². The lowest BCUT2D eigenvalue weighted by Crippen LogP contribution is -2.49. The van der Waals surface area contributed by atoms with Gasteiger partial charge in [-0.1, -0.05) is 32.1 Å². The van der Waals surface area contributed by atoms with Crippen LogP contribution in [0.15, 0.2) is 30.5 Å². The molecule has 0 aliphatic heterocycles. The number of carbonyl (C=O) groups is 1. The van der Waals surface area contributed by atoms with Gasteiger partial charge in [0.2, 0.25) is 0 Å². The fraction of sp³-hybridized carbons (Fsp3) is 0.583. The molecule has 0 N–H and O–H groups in total. The second-order valence-electron chi connectivity index (χ2n) is 9.57. The lowest BCUT2D eigenvalue weighted by atomic mass is 9.48. The minimum absolute atomic E-state index is 0.120. The van der Waals surface area contributed by atoms with Crippen LogP contribution in [0.5, 0.6) is 0 Å². The normalized spacial score (nSPS) is 43.0. The maximum atomic E-state index is 12.3. The van der Waals surface area contributed by atoms with Crippen molar-refractivity contribution in [3.8, 4) is 0 Å². The second kappa shape index (κ2) is 5.41. The first kappa shape index (κ1) is 16.5. The molecular weight excluding hydrogens is 318 g/mol. The summed E-state index contributed by atoms with van der Waals surface area (Å²) >= 11 is 0. The predicted octanol–water partition coefficient (Wildman–Crippen LogP) is 5.55. The number of carbonyl (C=O) groups excluding carboxylic acids is 1. The lowest BCUT2D eigenvalue weighted by molar-refractivity contribution is -0.126. The van der Waals surface area contributed by atoms with Crippen molar-refractivity contribution < 1.29 is 4.79 Å². The number of nitrogens with zero attached hydrogens (tertiary/aromatic N) is 1. The topological polar surface area (TPSA) is 30.0 Å². The Morgan fingerprint density at radius 1 is 1.19 bits per heavy atom. The molecule has 0 amide bonds. The summed E-state index contributed by atoms with van der Waals surface area (Å²) in [5.74, 6) is 2.82. The maximum Gasteiger partial charge on any atom is 0.133 e. The van der Waals surface area contributed by atoms with Crippen molar-refractivity contribution in [3.05, 3.63) is 41.7 Å². The van der Waals surface area contributed by atoms with Gasteiger partial charge in [0, 0.05) is 23.1 Å². The Morgan fingerprint density at radius 2 is 2.04 bits per heavy atom. The van der Waals surface area contributed by atoms with Gasteiger partial charge in [-0.05, 0) is 79.9 Å². The highest BCUT2D eigenvalue weighted by molar-refractivity contribution is 5.83. The smallest absolute Gasteiger partial charge is 0.133 e. The van der Waals surface area contributed by atoms with Gasteiger partial charge < -0.3 is 0 Å². The van der Waals surface area contributed by atoms with Crippen LogP contribution >= 0.6 is 0 Å². The van der Waals surface area contributed by atoms with E-state index < -0.39 is 0 Å². The van der Waals surface area contributed by atoms with Gasteiger partial charge in [-0.2, -0.15) is 0 Å². The van der Waals surface area contributed by atoms with Gasteiger partial charge in [-0.3, -0.25) is 9.78 Å². The van der Waals surface area contributed by atoms with E-state index >= 15 is 0 Å². The molecule has 0 radical (unpaired) electrons. The molecule has 1 heterocycles. The molecule has 0 saturated heterocycles. The highest BCUT2D eigenvalue weighted by Crippen LogP contribution is 2.66. The number of Topliss-reactive ketones (excluding diaryl/α,β-unsaturated/α-hetero) is 1. The lowest BCUT2D eigenvalue weighted by Gasteiger charge is -2.56. The molecule has 6 atom stereocenters. The van der Waals surface area contributed by atoms with Gasteiger partial charge in [0.05, 0.1) is 5.69 Å². The summed E-state index contributed by atoms with van der Waals surface area (Å²) in [5.41, 5.74) is 4.29. The minimum Gasteiger partial charge on any atom is -0.300 e. The maximum absolute atomic E-state index is 12.3. The van der Waals surface area contributed by atoms with Crippen LogP contribution in [-0.4, -0.2) is 10.8 Å². The van der Waals surface area contributed by atoms with Gasteiger partial charge in [0.1, 0.15) is 5.78 Å². The number of allylic oxidation sites excluding steroid dienone is 3. The zero-order valence-electron chi connectivity index (χ0n) is 16.2. The number of aromatic nitrogens is 1. The Bertz CT molecular complexity index is 836. The molecule has 1 unspecified atom stereocenters. The molecule has 1 aromatic heterocycles. The minimum atomic E-state index is 0.120. The summed E-state index contributed by atoms with van der Waals surface area (Å²) in [4.78, 5) is 16.8. The van der Waals surface area contributed by atoms with E-state index in [1.165, 1.54) is 36.8 Å². The Hall–Kier alpha value is -1.70. The first-order valence-corrected chi connectivity index (χ1v) is 10.3. The van der Waals surface area contributed by atoms with E-state index in [4.69, 9.17) is 0 Å². The number of hydrogen-bond acceptors (Lipinski definition) is 2. The van der Waals surface area contributed by atoms with E-state index in [0.717, 1.165) is 18.0 Å². The fourth-order valence-corrected chi connectivity index (χ4v) is 7.35. The highest BCUT2D eigenvalue weighted by atomic mass is 16.1. The van der Waals surface area contributed by atoms with Crippen molar-refractivity contribution >= 4 is 17.4 Å². The third-order valence-electron chi connectivity index (χ3n) is 8.59. The summed E-state index contributed by atoms with van der Waals surface area (Å²) < 4.78 is 0. The van der Waals surface area contributed by atoms with Crippen molar-refractivity contribution in [2.75, 3.05) is 0 Å². The summed E-state index contributed by atoms with van der Waals surface area (Å²) in [6.45, 7) is 6.69. The van der Waals surface area contributed by atoms with Crippen LogP contribution in [0.4, 0.5) is 0 Å². The van der Waals surface area contributed by atoms with Crippen LogP contribution < -0.4 is 0 Å². The summed E-state index contributed by atoms with van der Waals surface area (Å²) in [6, 6.07) is 4.31. The molecule has 0 spiro atoms. The van der Waals surface area contributed by atoms with E-state index in [0.29, 0.717) is 23.5 Å². The molecule has 2 saturated carbocycles. The number of ketones is 1. The number of rotatable bonds is 1. The van der Waals surface area contributed by atoms with E-state index in [9.17, 15) is 4.79 Å². The Labute approximate surface area is 156 Å². The predicted molar refractivity (Wildman–Crippen MR) is 105 cm³/mol. The summed E-state index contributed by atoms with van der Waals surface area (Å²) in [7, 11) is 0. The molecule has 26 heavy (non-hydrogen) atoms. The van der Waals surface area contributed by atoms with Gasteiger partial charge in [0.15, 0.2) is 0 Å². The SMILES string of the molecule is CC(=O)C1CC[C@H]2[C@@H]3CC=C4c5cccnc5C=C[C@]4(C)[C@H]3CC[C@]12C.